The Bertz CT molecular complexity index is 1660. The van der Waals surface area contributed by atoms with Crippen LogP contribution in [-0.4, -0.2) is 39.8 Å². The van der Waals surface area contributed by atoms with E-state index < -0.39 is 23.5 Å². The molecule has 4 nitrogen and oxygen atoms in total. The zero-order valence-electron chi connectivity index (χ0n) is 25.0. The third-order valence-electron chi connectivity index (χ3n) is 9.36. The topological polar surface area (TPSA) is 28.5 Å². The minimum atomic E-state index is -4.35. The summed E-state index contributed by atoms with van der Waals surface area (Å²) in [7, 11) is 2.03. The van der Waals surface area contributed by atoms with Crippen molar-refractivity contribution < 1.29 is 31.1 Å². The number of fused-ring (bicyclic) bond motifs is 3. The lowest BCUT2D eigenvalue weighted by Gasteiger charge is -2.31. The molecule has 10 heteroatoms. The fourth-order valence-corrected chi connectivity index (χ4v) is 6.79. The number of rotatable bonds is 7. The highest BCUT2D eigenvalue weighted by atomic mass is 19.4. The number of halogens is 6. The fraction of sp³-hybridized carbons (Fsp3) is 0.400. The maximum atomic E-state index is 13.4. The number of hydrogen-bond donors (Lipinski definition) is 0. The number of hydrogen-bond acceptors (Lipinski definition) is 3. The maximum absolute atomic E-state index is 13.4. The molecule has 45 heavy (non-hydrogen) atoms. The van der Waals surface area contributed by atoms with Crippen LogP contribution >= 0.6 is 0 Å². The van der Waals surface area contributed by atoms with E-state index in [-0.39, 0.29) is 11.7 Å². The SMILES string of the molecule is Cn1c2c(c3cc(C(=O)CC4CCN(Cc5ccc(C(F)(F)F)cc5)CC4)ccc31)CN(Cc1ccc(C(F)(F)F)cc1)CC2. The fourth-order valence-electron chi connectivity index (χ4n) is 6.79. The van der Waals surface area contributed by atoms with E-state index in [4.69, 9.17) is 0 Å². The molecule has 2 aliphatic rings. The number of carbonyl (C=O) groups is 1. The van der Waals surface area contributed by atoms with Crippen LogP contribution in [-0.2, 0) is 45.5 Å². The Labute approximate surface area is 258 Å². The second-order valence-corrected chi connectivity index (χ2v) is 12.4. The number of aryl methyl sites for hydroxylation is 1. The van der Waals surface area contributed by atoms with Crippen LogP contribution in [0.15, 0.2) is 66.7 Å². The number of ketones is 1. The van der Waals surface area contributed by atoms with E-state index in [9.17, 15) is 31.1 Å². The molecule has 6 rings (SSSR count). The van der Waals surface area contributed by atoms with Gasteiger partial charge in [-0.05, 0) is 91.0 Å². The van der Waals surface area contributed by atoms with E-state index in [0.717, 1.165) is 90.8 Å². The van der Waals surface area contributed by atoms with Crippen LogP contribution in [0.25, 0.3) is 10.9 Å². The van der Waals surface area contributed by atoms with E-state index in [1.807, 2.05) is 25.2 Å². The summed E-state index contributed by atoms with van der Waals surface area (Å²) in [6.45, 7) is 4.16. The van der Waals surface area contributed by atoms with Gasteiger partial charge in [0.2, 0.25) is 0 Å². The van der Waals surface area contributed by atoms with Crippen molar-refractivity contribution in [3.63, 3.8) is 0 Å². The Morgan fingerprint density at radius 3 is 1.87 bits per heavy atom. The van der Waals surface area contributed by atoms with Crippen molar-refractivity contribution in [1.82, 2.24) is 14.4 Å². The first-order valence-corrected chi connectivity index (χ1v) is 15.3. The smallest absolute Gasteiger partial charge is 0.347 e. The van der Waals surface area contributed by atoms with Crippen molar-refractivity contribution in [1.29, 1.82) is 0 Å². The Morgan fingerprint density at radius 1 is 0.756 bits per heavy atom. The van der Waals surface area contributed by atoms with Crippen molar-refractivity contribution in [2.45, 2.75) is 57.7 Å². The molecule has 3 heterocycles. The van der Waals surface area contributed by atoms with Crippen LogP contribution in [0.1, 0.15) is 63.1 Å². The zero-order valence-corrected chi connectivity index (χ0v) is 25.0. The molecule has 1 saturated heterocycles. The van der Waals surface area contributed by atoms with Gasteiger partial charge in [-0.2, -0.15) is 26.3 Å². The highest BCUT2D eigenvalue weighted by Crippen LogP contribution is 2.34. The Hall–Kier alpha value is -3.63. The average Bonchev–Trinajstić information content (AvgIpc) is 3.28. The summed E-state index contributed by atoms with van der Waals surface area (Å²) in [5, 5.41) is 1.04. The molecule has 0 N–H and O–H groups in total. The van der Waals surface area contributed by atoms with Gasteiger partial charge in [-0.15, -0.1) is 0 Å². The van der Waals surface area contributed by atoms with Gasteiger partial charge in [0.15, 0.2) is 5.78 Å². The lowest BCUT2D eigenvalue weighted by atomic mass is 9.89. The number of piperidine rings is 1. The molecule has 4 aromatic rings. The molecule has 0 spiro atoms. The lowest BCUT2D eigenvalue weighted by Crippen LogP contribution is -2.33. The van der Waals surface area contributed by atoms with Gasteiger partial charge < -0.3 is 4.57 Å². The third kappa shape index (κ3) is 6.97. The molecule has 1 aromatic heterocycles. The van der Waals surface area contributed by atoms with Crippen molar-refractivity contribution >= 4 is 16.7 Å². The molecule has 1 fully saturated rings. The summed E-state index contributed by atoms with van der Waals surface area (Å²) >= 11 is 0. The predicted molar refractivity (Wildman–Crippen MR) is 161 cm³/mol. The predicted octanol–water partition coefficient (Wildman–Crippen LogP) is 8.26. The highest BCUT2D eigenvalue weighted by Gasteiger charge is 2.31. The molecule has 0 bridgehead atoms. The monoisotopic (exact) mass is 627 g/mol. The van der Waals surface area contributed by atoms with Crippen LogP contribution in [0.4, 0.5) is 26.3 Å². The first-order valence-electron chi connectivity index (χ1n) is 15.3. The molecule has 0 amide bonds. The number of aromatic nitrogens is 1. The molecule has 238 valence electrons. The zero-order chi connectivity index (χ0) is 31.9. The minimum absolute atomic E-state index is 0.105. The van der Waals surface area contributed by atoms with Crippen molar-refractivity contribution in [2.24, 2.45) is 13.0 Å². The van der Waals surface area contributed by atoms with E-state index in [2.05, 4.69) is 14.4 Å². The van der Waals surface area contributed by atoms with Gasteiger partial charge in [0, 0.05) is 68.2 Å². The van der Waals surface area contributed by atoms with Crippen molar-refractivity contribution in [3.05, 3.63) is 106 Å². The summed E-state index contributed by atoms with van der Waals surface area (Å²) in [5.74, 6) is 0.356. The van der Waals surface area contributed by atoms with Crippen LogP contribution in [0.5, 0.6) is 0 Å². The van der Waals surface area contributed by atoms with Gasteiger partial charge >= 0.3 is 12.4 Å². The lowest BCUT2D eigenvalue weighted by molar-refractivity contribution is -0.138. The highest BCUT2D eigenvalue weighted by molar-refractivity contribution is 6.00. The second kappa shape index (κ2) is 12.3. The van der Waals surface area contributed by atoms with Gasteiger partial charge in [0.05, 0.1) is 11.1 Å². The van der Waals surface area contributed by atoms with Crippen LogP contribution in [0.2, 0.25) is 0 Å². The van der Waals surface area contributed by atoms with Gasteiger partial charge in [0.25, 0.3) is 0 Å². The number of likely N-dealkylation sites (tertiary alicyclic amines) is 1. The Balaban J connectivity index is 1.07. The van der Waals surface area contributed by atoms with E-state index in [1.54, 1.807) is 0 Å². The van der Waals surface area contributed by atoms with Gasteiger partial charge in [-0.3, -0.25) is 14.6 Å². The molecule has 2 aliphatic heterocycles. The normalized spacial score (nSPS) is 17.1. The quantitative estimate of drug-likeness (QED) is 0.153. The number of carbonyl (C=O) groups excluding carboxylic acids is 1. The molecule has 0 unspecified atom stereocenters. The summed E-state index contributed by atoms with van der Waals surface area (Å²) < 4.78 is 79.7. The largest absolute Gasteiger partial charge is 0.416 e. The number of benzene rings is 3. The Kier molecular flexibility index (Phi) is 8.56. The third-order valence-corrected chi connectivity index (χ3v) is 9.36. The van der Waals surface area contributed by atoms with Gasteiger partial charge in [-0.25, -0.2) is 0 Å². The van der Waals surface area contributed by atoms with E-state index in [0.29, 0.717) is 31.6 Å². The average molecular weight is 628 g/mol. The Morgan fingerprint density at radius 2 is 1.31 bits per heavy atom. The summed E-state index contributed by atoms with van der Waals surface area (Å²) in [6.07, 6.45) is -5.72. The van der Waals surface area contributed by atoms with Gasteiger partial charge in [-0.1, -0.05) is 24.3 Å². The molecule has 0 atom stereocenters. The first kappa shape index (κ1) is 31.4. The summed E-state index contributed by atoms with van der Waals surface area (Å²) in [5.41, 5.74) is 4.50. The van der Waals surface area contributed by atoms with Crippen molar-refractivity contribution in [2.75, 3.05) is 19.6 Å². The summed E-state index contributed by atoms with van der Waals surface area (Å²) in [6, 6.07) is 16.6. The molecular formula is C35H35F6N3O. The molecule has 0 aliphatic carbocycles. The van der Waals surface area contributed by atoms with E-state index >= 15 is 0 Å². The second-order valence-electron chi connectivity index (χ2n) is 12.4. The van der Waals surface area contributed by atoms with Crippen LogP contribution in [0, 0.1) is 5.92 Å². The molecule has 0 radical (unpaired) electrons. The number of alkyl halides is 6. The molecule has 3 aromatic carbocycles. The van der Waals surface area contributed by atoms with Gasteiger partial charge in [0.1, 0.15) is 0 Å². The van der Waals surface area contributed by atoms with E-state index in [1.165, 1.54) is 30.0 Å². The summed E-state index contributed by atoms with van der Waals surface area (Å²) in [4.78, 5) is 17.9. The first-order chi connectivity index (χ1) is 21.3. The van der Waals surface area contributed by atoms with Crippen molar-refractivity contribution in [3.8, 4) is 0 Å². The number of nitrogens with zero attached hydrogens (tertiary/aromatic N) is 3. The van der Waals surface area contributed by atoms with Crippen LogP contribution in [0.3, 0.4) is 0 Å². The standard InChI is InChI=1S/C35H35F6N3O/c1-42-31-11-6-26(33(45)18-23-12-15-43(16-13-23)20-24-2-7-27(8-3-24)34(36,37)38)19-29(31)30-22-44(17-14-32(30)42)21-25-4-9-28(10-5-25)35(39,40)41/h2-11,19,23H,12-18,20-22H2,1H3. The molecule has 0 saturated carbocycles. The maximum Gasteiger partial charge on any atom is 0.416 e. The molecular weight excluding hydrogens is 592 g/mol. The minimum Gasteiger partial charge on any atom is -0.347 e. The van der Waals surface area contributed by atoms with Crippen LogP contribution < -0.4 is 0 Å². The number of Topliss-reactive ketones (excluding diaryl/α,β-unsaturated/α-hetero) is 1.